The second-order valence-corrected chi connectivity index (χ2v) is 5.02. The first kappa shape index (κ1) is 14.1. The van der Waals surface area contributed by atoms with Gasteiger partial charge in [0, 0.05) is 23.2 Å². The summed E-state index contributed by atoms with van der Waals surface area (Å²) in [6, 6.07) is 13.5. The maximum absolute atomic E-state index is 11.5. The predicted octanol–water partition coefficient (Wildman–Crippen LogP) is 3.72. The van der Waals surface area contributed by atoms with Gasteiger partial charge in [-0.1, -0.05) is 24.8 Å². The highest BCUT2D eigenvalue weighted by molar-refractivity contribution is 8.00. The molecule has 5 heteroatoms. The Labute approximate surface area is 122 Å². The maximum Gasteiger partial charge on any atom is 0.250 e. The summed E-state index contributed by atoms with van der Waals surface area (Å²) in [5, 5.41) is 3.53. The van der Waals surface area contributed by atoms with Crippen LogP contribution in [0.1, 0.15) is 6.92 Å². The molecule has 0 atom stereocenters. The molecule has 0 aliphatic carbocycles. The molecule has 2 N–H and O–H groups in total. The summed E-state index contributed by atoms with van der Waals surface area (Å²) in [6.07, 6.45) is 1.62. The van der Waals surface area contributed by atoms with E-state index in [1.807, 2.05) is 42.5 Å². The number of nitrogens with zero attached hydrogens (tertiary/aromatic N) is 1. The summed E-state index contributed by atoms with van der Waals surface area (Å²) in [7, 11) is 0. The van der Waals surface area contributed by atoms with Crippen LogP contribution in [-0.4, -0.2) is 10.9 Å². The van der Waals surface area contributed by atoms with E-state index in [2.05, 4.69) is 21.6 Å². The van der Waals surface area contributed by atoms with Gasteiger partial charge in [0.15, 0.2) is 0 Å². The van der Waals surface area contributed by atoms with Gasteiger partial charge in [-0.25, -0.2) is 4.98 Å². The second kappa shape index (κ2) is 6.77. The highest BCUT2D eigenvalue weighted by Gasteiger charge is 2.03. The molecule has 2 rings (SSSR count). The summed E-state index contributed by atoms with van der Waals surface area (Å²) in [6.45, 7) is 5.25. The first-order chi connectivity index (χ1) is 9.65. The third-order valence-corrected chi connectivity index (χ3v) is 3.22. The van der Waals surface area contributed by atoms with Crippen molar-refractivity contribution in [2.75, 3.05) is 10.0 Å². The van der Waals surface area contributed by atoms with Crippen LogP contribution in [0.3, 0.4) is 0 Å². The number of anilines is 2. The summed E-state index contributed by atoms with van der Waals surface area (Å²) in [5.74, 6) is -0.199. The van der Waals surface area contributed by atoms with Gasteiger partial charge >= 0.3 is 0 Å². The number of rotatable bonds is 5. The lowest BCUT2D eigenvalue weighted by Crippen LogP contribution is -2.11. The Bertz CT molecular complexity index is 596. The Hall–Kier alpha value is -2.27. The summed E-state index contributed by atoms with van der Waals surface area (Å²) in [4.78, 5) is 15.7. The molecule has 0 fully saturated rings. The number of amides is 1. The zero-order valence-corrected chi connectivity index (χ0v) is 11.9. The molecular weight excluding hydrogens is 270 g/mol. The zero-order chi connectivity index (χ0) is 14.4. The molecule has 2 aromatic rings. The summed E-state index contributed by atoms with van der Waals surface area (Å²) < 4.78 is 3.19. The van der Waals surface area contributed by atoms with Crippen LogP contribution in [0, 0.1) is 0 Å². The molecule has 1 aromatic heterocycles. The summed E-state index contributed by atoms with van der Waals surface area (Å²) >= 11 is 1.42. The van der Waals surface area contributed by atoms with Crippen LogP contribution in [-0.2, 0) is 4.79 Å². The van der Waals surface area contributed by atoms with Crippen molar-refractivity contribution in [3.8, 4) is 0 Å². The molecule has 0 radical (unpaired) electrons. The Balaban J connectivity index is 1.91. The van der Waals surface area contributed by atoms with Gasteiger partial charge in [-0.3, -0.25) is 4.79 Å². The number of nitrogens with one attached hydrogen (secondary N) is 2. The van der Waals surface area contributed by atoms with Crippen LogP contribution in [0.2, 0.25) is 0 Å². The number of carbonyl (C=O) groups excluding carboxylic acids is 1. The fraction of sp³-hybridized carbons (Fsp3) is 0.0667. The van der Waals surface area contributed by atoms with E-state index >= 15 is 0 Å². The van der Waals surface area contributed by atoms with Gasteiger partial charge in [0.2, 0.25) is 0 Å². The lowest BCUT2D eigenvalue weighted by atomic mass is 10.3. The minimum Gasteiger partial charge on any atom is -0.324 e. The topological polar surface area (TPSA) is 54.0 Å². The smallest absolute Gasteiger partial charge is 0.250 e. The third-order valence-electron chi connectivity index (χ3n) is 2.43. The van der Waals surface area contributed by atoms with E-state index < -0.39 is 0 Å². The Morgan fingerprint density at radius 1 is 1.15 bits per heavy atom. The van der Waals surface area contributed by atoms with E-state index in [1.54, 1.807) is 13.1 Å². The molecule has 0 saturated carbocycles. The molecule has 0 saturated heterocycles. The Morgan fingerprint density at radius 2 is 1.90 bits per heavy atom. The maximum atomic E-state index is 11.5. The number of para-hydroxylation sites is 1. The molecule has 0 aliphatic rings. The molecule has 4 nitrogen and oxygen atoms in total. The van der Waals surface area contributed by atoms with Gasteiger partial charge in [0.1, 0.15) is 5.03 Å². The highest BCUT2D eigenvalue weighted by Crippen LogP contribution is 2.20. The fourth-order valence-corrected chi connectivity index (χ4v) is 1.97. The molecular formula is C15H15N3OS. The van der Waals surface area contributed by atoms with Gasteiger partial charge in [-0.2, -0.15) is 0 Å². The predicted molar refractivity (Wildman–Crippen MR) is 83.6 cm³/mol. The second-order valence-electron chi connectivity index (χ2n) is 4.19. The minimum absolute atomic E-state index is 0.199. The van der Waals surface area contributed by atoms with E-state index in [1.165, 1.54) is 11.9 Å². The molecule has 1 heterocycles. The molecule has 102 valence electrons. The number of hydrogen-bond donors (Lipinski definition) is 2. The van der Waals surface area contributed by atoms with E-state index in [9.17, 15) is 4.79 Å². The molecule has 0 bridgehead atoms. The first-order valence-corrected chi connectivity index (χ1v) is 6.87. The standard InChI is InChI=1S/C15H15N3OS/c1-11(2)15(19)17-13-8-9-14(16-10-13)20-18-12-6-4-3-5-7-12/h3-10,18H,1H2,2H3,(H,17,19). The van der Waals surface area contributed by atoms with Crippen LogP contribution >= 0.6 is 11.9 Å². The van der Waals surface area contributed by atoms with Crippen molar-refractivity contribution in [1.82, 2.24) is 4.98 Å². The largest absolute Gasteiger partial charge is 0.324 e. The average Bonchev–Trinajstić information content (AvgIpc) is 2.47. The van der Waals surface area contributed by atoms with Gasteiger partial charge in [-0.15, -0.1) is 0 Å². The van der Waals surface area contributed by atoms with Crippen molar-refractivity contribution in [2.24, 2.45) is 0 Å². The van der Waals surface area contributed by atoms with Crippen LogP contribution in [0.15, 0.2) is 65.8 Å². The molecule has 1 amide bonds. The third kappa shape index (κ3) is 4.13. The SMILES string of the molecule is C=C(C)C(=O)Nc1ccc(SNc2ccccc2)nc1. The molecule has 0 aliphatic heterocycles. The van der Waals surface area contributed by atoms with Gasteiger partial charge in [0.05, 0.1) is 11.9 Å². The lowest BCUT2D eigenvalue weighted by Gasteiger charge is -2.06. The molecule has 0 unspecified atom stereocenters. The van der Waals surface area contributed by atoms with Gasteiger partial charge in [0.25, 0.3) is 5.91 Å². The van der Waals surface area contributed by atoms with Crippen molar-refractivity contribution in [2.45, 2.75) is 11.9 Å². The van der Waals surface area contributed by atoms with Crippen LogP contribution in [0.5, 0.6) is 0 Å². The fourth-order valence-electron chi connectivity index (χ4n) is 1.37. The molecule has 20 heavy (non-hydrogen) atoms. The van der Waals surface area contributed by atoms with E-state index in [4.69, 9.17) is 0 Å². The van der Waals surface area contributed by atoms with Gasteiger partial charge < -0.3 is 10.0 Å². The van der Waals surface area contributed by atoms with Crippen molar-refractivity contribution < 1.29 is 4.79 Å². The highest BCUT2D eigenvalue weighted by atomic mass is 32.2. The van der Waals surface area contributed by atoms with E-state index in [-0.39, 0.29) is 5.91 Å². The van der Waals surface area contributed by atoms with Crippen molar-refractivity contribution in [1.29, 1.82) is 0 Å². The number of aromatic nitrogens is 1. The zero-order valence-electron chi connectivity index (χ0n) is 11.1. The van der Waals surface area contributed by atoms with Gasteiger partial charge in [-0.05, 0) is 31.2 Å². The molecule has 0 spiro atoms. The van der Waals surface area contributed by atoms with E-state index in [0.29, 0.717) is 11.3 Å². The minimum atomic E-state index is -0.199. The number of benzene rings is 1. The monoisotopic (exact) mass is 285 g/mol. The van der Waals surface area contributed by atoms with E-state index in [0.717, 1.165) is 10.7 Å². The number of carbonyl (C=O) groups is 1. The lowest BCUT2D eigenvalue weighted by molar-refractivity contribution is -0.112. The van der Waals surface area contributed by atoms with Crippen LogP contribution in [0.25, 0.3) is 0 Å². The van der Waals surface area contributed by atoms with Crippen molar-refractivity contribution in [3.05, 3.63) is 60.8 Å². The van der Waals surface area contributed by atoms with Crippen LogP contribution in [0.4, 0.5) is 11.4 Å². The molecule has 1 aromatic carbocycles. The number of pyridine rings is 1. The average molecular weight is 285 g/mol. The Kier molecular flexibility index (Phi) is 4.79. The number of hydrogen-bond acceptors (Lipinski definition) is 4. The van der Waals surface area contributed by atoms with Crippen LogP contribution < -0.4 is 10.0 Å². The normalized spacial score (nSPS) is 9.85. The van der Waals surface area contributed by atoms with Crippen molar-refractivity contribution in [3.63, 3.8) is 0 Å². The Morgan fingerprint density at radius 3 is 2.50 bits per heavy atom. The first-order valence-electron chi connectivity index (χ1n) is 6.06. The quantitative estimate of drug-likeness (QED) is 0.649. The summed E-state index contributed by atoms with van der Waals surface area (Å²) in [5.41, 5.74) is 2.13. The van der Waals surface area contributed by atoms with Crippen molar-refractivity contribution >= 4 is 29.2 Å².